The number of amides is 1. The van der Waals surface area contributed by atoms with Crippen molar-refractivity contribution in [1.29, 1.82) is 0 Å². The van der Waals surface area contributed by atoms with E-state index in [1.165, 1.54) is 12.8 Å². The molecule has 0 atom stereocenters. The standard InChI is InChI=1S/C13H17N3OS/c17-12(15-5-3-1-2-4-6-15)9-11-10-16-7-8-18-13(16)14-11/h7-8,10H,1-6,9H2. The molecule has 0 N–H and O–H groups in total. The minimum Gasteiger partial charge on any atom is -0.342 e. The van der Waals surface area contributed by atoms with Crippen LogP contribution in [0.3, 0.4) is 0 Å². The Hall–Kier alpha value is -1.36. The highest BCUT2D eigenvalue weighted by Gasteiger charge is 2.17. The van der Waals surface area contributed by atoms with Crippen molar-refractivity contribution in [3.05, 3.63) is 23.5 Å². The number of imidazole rings is 1. The zero-order valence-corrected chi connectivity index (χ0v) is 11.2. The van der Waals surface area contributed by atoms with E-state index in [1.54, 1.807) is 11.3 Å². The summed E-state index contributed by atoms with van der Waals surface area (Å²) in [6.45, 7) is 1.84. The van der Waals surface area contributed by atoms with Crippen LogP contribution < -0.4 is 0 Å². The predicted molar refractivity (Wildman–Crippen MR) is 71.8 cm³/mol. The van der Waals surface area contributed by atoms with E-state index in [4.69, 9.17) is 0 Å². The van der Waals surface area contributed by atoms with Gasteiger partial charge in [-0.05, 0) is 12.8 Å². The highest BCUT2D eigenvalue weighted by molar-refractivity contribution is 7.15. The molecule has 18 heavy (non-hydrogen) atoms. The second-order valence-corrected chi connectivity index (χ2v) is 5.67. The normalized spacial score (nSPS) is 17.0. The van der Waals surface area contributed by atoms with Crippen LogP contribution in [0.1, 0.15) is 31.4 Å². The molecule has 0 radical (unpaired) electrons. The summed E-state index contributed by atoms with van der Waals surface area (Å²) >= 11 is 1.60. The molecule has 0 saturated carbocycles. The van der Waals surface area contributed by atoms with E-state index in [9.17, 15) is 4.79 Å². The monoisotopic (exact) mass is 263 g/mol. The Morgan fingerprint density at radius 1 is 1.28 bits per heavy atom. The smallest absolute Gasteiger partial charge is 0.228 e. The van der Waals surface area contributed by atoms with Gasteiger partial charge in [0.15, 0.2) is 4.96 Å². The predicted octanol–water partition coefficient (Wildman–Crippen LogP) is 2.34. The van der Waals surface area contributed by atoms with Gasteiger partial charge in [0.25, 0.3) is 0 Å². The lowest BCUT2D eigenvalue weighted by molar-refractivity contribution is -0.130. The first-order chi connectivity index (χ1) is 8.83. The molecule has 3 rings (SSSR count). The zero-order valence-electron chi connectivity index (χ0n) is 10.3. The molecule has 0 aromatic carbocycles. The maximum atomic E-state index is 12.2. The van der Waals surface area contributed by atoms with Crippen LogP contribution in [0.5, 0.6) is 0 Å². The number of carbonyl (C=O) groups is 1. The van der Waals surface area contributed by atoms with Crippen LogP contribution in [0.2, 0.25) is 0 Å². The van der Waals surface area contributed by atoms with Gasteiger partial charge in [-0.2, -0.15) is 0 Å². The van der Waals surface area contributed by atoms with Crippen LogP contribution >= 0.6 is 11.3 Å². The van der Waals surface area contributed by atoms with Crippen molar-refractivity contribution < 1.29 is 4.79 Å². The lowest BCUT2D eigenvalue weighted by Gasteiger charge is -2.19. The number of hydrogen-bond acceptors (Lipinski definition) is 3. The summed E-state index contributed by atoms with van der Waals surface area (Å²) in [5, 5.41) is 2.00. The van der Waals surface area contributed by atoms with Crippen molar-refractivity contribution >= 4 is 22.2 Å². The minimum absolute atomic E-state index is 0.225. The van der Waals surface area contributed by atoms with Gasteiger partial charge >= 0.3 is 0 Å². The van der Waals surface area contributed by atoms with E-state index >= 15 is 0 Å². The van der Waals surface area contributed by atoms with Crippen LogP contribution in [0, 0.1) is 0 Å². The largest absolute Gasteiger partial charge is 0.342 e. The summed E-state index contributed by atoms with van der Waals surface area (Å²) in [4.78, 5) is 19.6. The van der Waals surface area contributed by atoms with Crippen molar-refractivity contribution in [1.82, 2.24) is 14.3 Å². The van der Waals surface area contributed by atoms with Gasteiger partial charge in [0.1, 0.15) is 0 Å². The van der Waals surface area contributed by atoms with Gasteiger partial charge in [-0.3, -0.25) is 9.20 Å². The number of aromatic nitrogens is 2. The Balaban J connectivity index is 1.67. The van der Waals surface area contributed by atoms with Crippen LogP contribution in [-0.2, 0) is 11.2 Å². The molecule has 96 valence electrons. The maximum Gasteiger partial charge on any atom is 0.228 e. The minimum atomic E-state index is 0.225. The van der Waals surface area contributed by atoms with Crippen molar-refractivity contribution in [2.24, 2.45) is 0 Å². The van der Waals surface area contributed by atoms with Crippen LogP contribution in [0.25, 0.3) is 4.96 Å². The van der Waals surface area contributed by atoms with Crippen LogP contribution in [-0.4, -0.2) is 33.3 Å². The number of carbonyl (C=O) groups excluding carboxylic acids is 1. The fourth-order valence-electron chi connectivity index (χ4n) is 2.45. The molecule has 4 nitrogen and oxygen atoms in total. The number of thiazole rings is 1. The highest BCUT2D eigenvalue weighted by Crippen LogP contribution is 2.14. The van der Waals surface area contributed by atoms with Gasteiger partial charge in [-0.1, -0.05) is 12.8 Å². The number of rotatable bonds is 2. The summed E-state index contributed by atoms with van der Waals surface area (Å²) in [5.74, 6) is 0.225. The molecule has 2 aromatic heterocycles. The molecular weight excluding hydrogens is 246 g/mol. The first kappa shape index (κ1) is 11.7. The molecule has 5 heteroatoms. The second kappa shape index (κ2) is 5.10. The average Bonchev–Trinajstić information content (AvgIpc) is 2.80. The number of likely N-dealkylation sites (tertiary alicyclic amines) is 1. The number of nitrogens with zero attached hydrogens (tertiary/aromatic N) is 3. The highest BCUT2D eigenvalue weighted by atomic mass is 32.1. The first-order valence-electron chi connectivity index (χ1n) is 6.52. The van der Waals surface area contributed by atoms with Crippen molar-refractivity contribution in [2.45, 2.75) is 32.1 Å². The fraction of sp³-hybridized carbons (Fsp3) is 0.538. The van der Waals surface area contributed by atoms with Gasteiger partial charge in [-0.15, -0.1) is 11.3 Å². The Bertz CT molecular complexity index is 509. The topological polar surface area (TPSA) is 37.6 Å². The summed E-state index contributed by atoms with van der Waals surface area (Å²) < 4.78 is 1.98. The summed E-state index contributed by atoms with van der Waals surface area (Å²) in [6.07, 6.45) is 9.17. The Labute approximate surface area is 110 Å². The molecule has 1 aliphatic rings. The number of fused-ring (bicyclic) bond motifs is 1. The van der Waals surface area contributed by atoms with Gasteiger partial charge < -0.3 is 4.90 Å². The van der Waals surface area contributed by atoms with E-state index in [2.05, 4.69) is 4.98 Å². The van der Waals surface area contributed by atoms with E-state index in [0.29, 0.717) is 6.42 Å². The number of hydrogen-bond donors (Lipinski definition) is 0. The maximum absolute atomic E-state index is 12.2. The Morgan fingerprint density at radius 3 is 2.78 bits per heavy atom. The van der Waals surface area contributed by atoms with Crippen molar-refractivity contribution in [3.8, 4) is 0 Å². The lowest BCUT2D eigenvalue weighted by Crippen LogP contribution is -2.33. The summed E-state index contributed by atoms with van der Waals surface area (Å²) in [5.41, 5.74) is 0.885. The molecule has 2 aromatic rings. The van der Waals surface area contributed by atoms with E-state index in [-0.39, 0.29) is 5.91 Å². The van der Waals surface area contributed by atoms with E-state index in [0.717, 1.165) is 36.6 Å². The van der Waals surface area contributed by atoms with Crippen molar-refractivity contribution in [2.75, 3.05) is 13.1 Å². The SMILES string of the molecule is O=C(Cc1cn2ccsc2n1)N1CCCCCC1. The summed E-state index contributed by atoms with van der Waals surface area (Å²) in [6, 6.07) is 0. The third-order valence-electron chi connectivity index (χ3n) is 3.43. The molecule has 1 amide bonds. The zero-order chi connectivity index (χ0) is 12.4. The summed E-state index contributed by atoms with van der Waals surface area (Å²) in [7, 11) is 0. The average molecular weight is 263 g/mol. The first-order valence-corrected chi connectivity index (χ1v) is 7.40. The van der Waals surface area contributed by atoms with Crippen LogP contribution in [0.4, 0.5) is 0 Å². The molecule has 3 heterocycles. The molecule has 0 bridgehead atoms. The quantitative estimate of drug-likeness (QED) is 0.834. The van der Waals surface area contributed by atoms with Gasteiger partial charge in [0, 0.05) is 30.9 Å². The Morgan fingerprint density at radius 2 is 2.06 bits per heavy atom. The third kappa shape index (κ3) is 2.41. The molecule has 1 fully saturated rings. The molecule has 0 aliphatic carbocycles. The molecule has 1 aliphatic heterocycles. The molecule has 0 unspecified atom stereocenters. The second-order valence-electron chi connectivity index (χ2n) is 4.80. The fourth-order valence-corrected chi connectivity index (χ4v) is 3.17. The molecular formula is C13H17N3OS. The lowest BCUT2D eigenvalue weighted by atomic mass is 10.2. The molecule has 1 saturated heterocycles. The van der Waals surface area contributed by atoms with Gasteiger partial charge in [0.05, 0.1) is 12.1 Å². The van der Waals surface area contributed by atoms with Gasteiger partial charge in [-0.25, -0.2) is 4.98 Å². The van der Waals surface area contributed by atoms with Crippen LogP contribution in [0.15, 0.2) is 17.8 Å². The van der Waals surface area contributed by atoms with Crippen molar-refractivity contribution in [3.63, 3.8) is 0 Å². The Kier molecular flexibility index (Phi) is 3.32. The van der Waals surface area contributed by atoms with E-state index in [1.807, 2.05) is 27.1 Å². The van der Waals surface area contributed by atoms with Gasteiger partial charge in [0.2, 0.25) is 5.91 Å². The molecule has 0 spiro atoms. The third-order valence-corrected chi connectivity index (χ3v) is 4.20. The van der Waals surface area contributed by atoms with E-state index < -0.39 is 0 Å².